The third-order valence-corrected chi connectivity index (χ3v) is 4.70. The van der Waals surface area contributed by atoms with Gasteiger partial charge in [0, 0.05) is 32.0 Å². The Kier molecular flexibility index (Phi) is 3.51. The van der Waals surface area contributed by atoms with E-state index in [1.54, 1.807) is 6.20 Å². The van der Waals surface area contributed by atoms with Crippen molar-refractivity contribution in [2.24, 2.45) is 7.05 Å². The SMILES string of the molecule is CN1CCc2ccc(NCc3cn(C)c4c(C#N)cnn34)cc2C1. The van der Waals surface area contributed by atoms with Gasteiger partial charge in [-0.05, 0) is 36.7 Å². The number of benzene rings is 1. The minimum absolute atomic E-state index is 0.598. The molecule has 0 unspecified atom stereocenters. The molecule has 0 saturated carbocycles. The number of likely N-dealkylation sites (N-methyl/N-ethyl adjacent to an activating group) is 1. The van der Waals surface area contributed by atoms with Gasteiger partial charge in [-0.3, -0.25) is 0 Å². The van der Waals surface area contributed by atoms with Gasteiger partial charge in [0.2, 0.25) is 0 Å². The quantitative estimate of drug-likeness (QED) is 0.803. The van der Waals surface area contributed by atoms with Crippen molar-refractivity contribution in [3.63, 3.8) is 0 Å². The molecule has 4 rings (SSSR count). The van der Waals surface area contributed by atoms with E-state index in [1.807, 2.05) is 22.3 Å². The molecule has 0 bridgehead atoms. The number of nitrogens with one attached hydrogen (secondary N) is 1. The summed E-state index contributed by atoms with van der Waals surface area (Å²) in [7, 11) is 4.10. The number of imidazole rings is 1. The van der Waals surface area contributed by atoms with Gasteiger partial charge >= 0.3 is 0 Å². The predicted octanol–water partition coefficient (Wildman–Crippen LogP) is 2.14. The van der Waals surface area contributed by atoms with Crippen molar-refractivity contribution in [3.8, 4) is 6.07 Å². The lowest BCUT2D eigenvalue weighted by molar-refractivity contribution is 0.313. The molecule has 1 aliphatic rings. The van der Waals surface area contributed by atoms with Crippen molar-refractivity contribution in [2.45, 2.75) is 19.5 Å². The number of nitrogens with zero attached hydrogens (tertiary/aromatic N) is 5. The van der Waals surface area contributed by atoms with E-state index < -0.39 is 0 Å². The van der Waals surface area contributed by atoms with Crippen molar-refractivity contribution in [1.29, 1.82) is 5.26 Å². The molecule has 122 valence electrons. The second-order valence-electron chi connectivity index (χ2n) is 6.46. The summed E-state index contributed by atoms with van der Waals surface area (Å²) in [6.45, 7) is 2.80. The van der Waals surface area contributed by atoms with Crippen LogP contribution in [0.15, 0.2) is 30.6 Å². The third kappa shape index (κ3) is 2.43. The first-order chi connectivity index (χ1) is 11.7. The highest BCUT2D eigenvalue weighted by Gasteiger charge is 2.14. The normalized spacial score (nSPS) is 14.5. The number of rotatable bonds is 3. The Labute approximate surface area is 140 Å². The molecule has 0 spiro atoms. The van der Waals surface area contributed by atoms with Gasteiger partial charge in [-0.15, -0.1) is 0 Å². The molecule has 3 aromatic rings. The van der Waals surface area contributed by atoms with Crippen LogP contribution in [0.3, 0.4) is 0 Å². The molecule has 0 fully saturated rings. The zero-order valence-electron chi connectivity index (χ0n) is 14.0. The summed E-state index contributed by atoms with van der Waals surface area (Å²) in [5.41, 5.74) is 6.43. The highest BCUT2D eigenvalue weighted by atomic mass is 15.3. The summed E-state index contributed by atoms with van der Waals surface area (Å²) >= 11 is 0. The van der Waals surface area contributed by atoms with E-state index in [1.165, 1.54) is 11.1 Å². The van der Waals surface area contributed by atoms with Crippen molar-refractivity contribution in [3.05, 3.63) is 53.0 Å². The van der Waals surface area contributed by atoms with Crippen LogP contribution in [0.25, 0.3) is 5.65 Å². The van der Waals surface area contributed by atoms with E-state index >= 15 is 0 Å². The van der Waals surface area contributed by atoms with E-state index in [2.05, 4.69) is 46.6 Å². The van der Waals surface area contributed by atoms with Gasteiger partial charge in [0.25, 0.3) is 0 Å². The Bertz CT molecular complexity index is 942. The number of aromatic nitrogens is 3. The molecule has 2 aromatic heterocycles. The van der Waals surface area contributed by atoms with Crippen LogP contribution in [0.5, 0.6) is 0 Å². The molecule has 3 heterocycles. The molecule has 0 amide bonds. The number of hydrogen-bond donors (Lipinski definition) is 1. The second-order valence-corrected chi connectivity index (χ2v) is 6.46. The van der Waals surface area contributed by atoms with Gasteiger partial charge in [0.1, 0.15) is 11.6 Å². The van der Waals surface area contributed by atoms with Gasteiger partial charge in [-0.2, -0.15) is 10.4 Å². The summed E-state index contributed by atoms with van der Waals surface area (Å²) in [5, 5.41) is 17.0. The lowest BCUT2D eigenvalue weighted by Crippen LogP contribution is -2.26. The molecule has 6 heteroatoms. The van der Waals surface area contributed by atoms with Gasteiger partial charge in [0.05, 0.1) is 18.4 Å². The maximum absolute atomic E-state index is 9.16. The molecular formula is C18H20N6. The first-order valence-corrected chi connectivity index (χ1v) is 8.12. The van der Waals surface area contributed by atoms with Crippen molar-refractivity contribution in [1.82, 2.24) is 19.1 Å². The maximum Gasteiger partial charge on any atom is 0.153 e. The number of hydrogen-bond acceptors (Lipinski definition) is 4. The molecule has 1 N–H and O–H groups in total. The van der Waals surface area contributed by atoms with Crippen LogP contribution in [0, 0.1) is 11.3 Å². The van der Waals surface area contributed by atoms with Crippen LogP contribution >= 0.6 is 0 Å². The Morgan fingerprint density at radius 2 is 2.17 bits per heavy atom. The molecular weight excluding hydrogens is 300 g/mol. The van der Waals surface area contributed by atoms with Crippen LogP contribution in [0.1, 0.15) is 22.4 Å². The fourth-order valence-electron chi connectivity index (χ4n) is 3.43. The van der Waals surface area contributed by atoms with Crippen LogP contribution in [0.2, 0.25) is 0 Å². The standard InChI is InChI=1S/C18H20N6/c1-22-6-5-13-3-4-16(7-14(13)11-22)20-10-17-12-23(2)18-15(8-19)9-21-24(17)18/h3-4,7,9,12,20H,5-6,10-11H2,1-2H3. The van der Waals surface area contributed by atoms with E-state index in [0.717, 1.165) is 36.5 Å². The van der Waals surface area contributed by atoms with Crippen LogP contribution < -0.4 is 5.32 Å². The van der Waals surface area contributed by atoms with Crippen LogP contribution in [0.4, 0.5) is 5.69 Å². The zero-order chi connectivity index (χ0) is 16.7. The Balaban J connectivity index is 1.57. The van der Waals surface area contributed by atoms with Gasteiger partial charge in [0.15, 0.2) is 5.65 Å². The Morgan fingerprint density at radius 3 is 3.00 bits per heavy atom. The van der Waals surface area contributed by atoms with E-state index in [9.17, 15) is 0 Å². The van der Waals surface area contributed by atoms with Gasteiger partial charge in [-0.25, -0.2) is 4.52 Å². The molecule has 0 aliphatic carbocycles. The van der Waals surface area contributed by atoms with Crippen LogP contribution in [-0.4, -0.2) is 32.7 Å². The average molecular weight is 320 g/mol. The molecule has 24 heavy (non-hydrogen) atoms. The third-order valence-electron chi connectivity index (χ3n) is 4.70. The molecule has 1 aliphatic heterocycles. The minimum atomic E-state index is 0.598. The fraction of sp³-hybridized carbons (Fsp3) is 0.333. The van der Waals surface area contributed by atoms with Gasteiger partial charge < -0.3 is 14.8 Å². The second kappa shape index (κ2) is 5.69. The topological polar surface area (TPSA) is 61.3 Å². The average Bonchev–Trinajstić information content (AvgIpc) is 3.14. The molecule has 6 nitrogen and oxygen atoms in total. The van der Waals surface area contributed by atoms with E-state index in [0.29, 0.717) is 12.1 Å². The first-order valence-electron chi connectivity index (χ1n) is 8.12. The van der Waals surface area contributed by atoms with Crippen LogP contribution in [-0.2, 0) is 26.6 Å². The van der Waals surface area contributed by atoms with E-state index in [-0.39, 0.29) is 0 Å². The fourth-order valence-corrected chi connectivity index (χ4v) is 3.43. The predicted molar refractivity (Wildman–Crippen MR) is 92.7 cm³/mol. The molecule has 0 saturated heterocycles. The van der Waals surface area contributed by atoms with Crippen molar-refractivity contribution in [2.75, 3.05) is 18.9 Å². The largest absolute Gasteiger partial charge is 0.379 e. The van der Waals surface area contributed by atoms with E-state index in [4.69, 9.17) is 5.26 Å². The first kappa shape index (κ1) is 14.8. The minimum Gasteiger partial charge on any atom is -0.379 e. The monoisotopic (exact) mass is 320 g/mol. The highest BCUT2D eigenvalue weighted by Crippen LogP contribution is 2.22. The number of aryl methyl sites for hydroxylation is 1. The van der Waals surface area contributed by atoms with Gasteiger partial charge in [-0.1, -0.05) is 6.07 Å². The number of fused-ring (bicyclic) bond motifs is 2. The smallest absolute Gasteiger partial charge is 0.153 e. The maximum atomic E-state index is 9.16. The summed E-state index contributed by atoms with van der Waals surface area (Å²) in [5.74, 6) is 0. The Hall–Kier alpha value is -2.78. The zero-order valence-corrected chi connectivity index (χ0v) is 14.0. The molecule has 0 radical (unpaired) electrons. The van der Waals surface area contributed by atoms with Crippen molar-refractivity contribution < 1.29 is 0 Å². The summed E-state index contributed by atoms with van der Waals surface area (Å²) in [6, 6.07) is 8.81. The van der Waals surface area contributed by atoms with Crippen molar-refractivity contribution >= 4 is 11.3 Å². The summed E-state index contributed by atoms with van der Waals surface area (Å²) in [6.07, 6.45) is 4.76. The summed E-state index contributed by atoms with van der Waals surface area (Å²) in [4.78, 5) is 2.35. The Morgan fingerprint density at radius 1 is 1.29 bits per heavy atom. The molecule has 0 atom stereocenters. The highest BCUT2D eigenvalue weighted by molar-refractivity contribution is 5.56. The lowest BCUT2D eigenvalue weighted by Gasteiger charge is -2.25. The lowest BCUT2D eigenvalue weighted by atomic mass is 9.99. The number of nitriles is 1. The number of anilines is 1. The molecule has 1 aromatic carbocycles. The summed E-state index contributed by atoms with van der Waals surface area (Å²) < 4.78 is 3.78.